The van der Waals surface area contributed by atoms with E-state index in [2.05, 4.69) is 0 Å². The molecule has 1 aliphatic heterocycles. The molecule has 5 nitrogen and oxygen atoms in total. The van der Waals surface area contributed by atoms with Crippen molar-refractivity contribution < 1.29 is 19.7 Å². The number of hydroxylamine groups is 2. The second kappa shape index (κ2) is 3.28. The molecule has 0 fully saturated rings. The summed E-state index contributed by atoms with van der Waals surface area (Å²) in [5, 5.41) is 19.7. The zero-order valence-corrected chi connectivity index (χ0v) is 7.32. The molecule has 1 unspecified atom stereocenters. The van der Waals surface area contributed by atoms with Crippen molar-refractivity contribution in [1.82, 2.24) is 0 Å². The van der Waals surface area contributed by atoms with Crippen LogP contribution < -0.4 is 9.80 Å². The summed E-state index contributed by atoms with van der Waals surface area (Å²) < 4.78 is 5.13. The first kappa shape index (κ1) is 8.98. The minimum atomic E-state index is -0.995. The van der Waals surface area contributed by atoms with E-state index in [0.717, 1.165) is 0 Å². The lowest BCUT2D eigenvalue weighted by Gasteiger charge is -2.28. The predicted molar refractivity (Wildman–Crippen MR) is 46.9 cm³/mol. The van der Waals surface area contributed by atoms with Crippen molar-refractivity contribution in [2.45, 2.75) is 6.54 Å². The van der Waals surface area contributed by atoms with Crippen molar-refractivity contribution >= 4 is 5.97 Å². The Kier molecular flexibility index (Phi) is 2.11. The normalized spacial score (nSPS) is 19.6. The van der Waals surface area contributed by atoms with Crippen molar-refractivity contribution in [3.05, 3.63) is 34.5 Å². The minimum absolute atomic E-state index is 0.0277. The highest BCUT2D eigenvalue weighted by molar-refractivity contribution is 5.88. The molecule has 74 valence electrons. The van der Waals surface area contributed by atoms with Gasteiger partial charge < -0.3 is 20.1 Å². The number of hydrogen-bond acceptors (Lipinski definition) is 3. The van der Waals surface area contributed by atoms with Gasteiger partial charge in [-0.05, 0) is 18.2 Å². The van der Waals surface area contributed by atoms with Gasteiger partial charge in [0, 0.05) is 5.56 Å². The van der Waals surface area contributed by atoms with Crippen molar-refractivity contribution in [1.29, 1.82) is 0 Å². The van der Waals surface area contributed by atoms with E-state index in [1.807, 2.05) is 0 Å². The van der Waals surface area contributed by atoms with E-state index in [4.69, 9.17) is 9.84 Å². The number of benzene rings is 1. The number of rotatable bonds is 1. The van der Waals surface area contributed by atoms with Crippen LogP contribution in [0, 0.1) is 5.21 Å². The van der Waals surface area contributed by atoms with Crippen LogP contribution in [0.25, 0.3) is 0 Å². The molecule has 0 spiro atoms. The Morgan fingerprint density at radius 1 is 1.57 bits per heavy atom. The largest absolute Gasteiger partial charge is 0.632 e. The number of quaternary nitrogens is 1. The maximum atomic E-state index is 11.0. The van der Waals surface area contributed by atoms with Crippen LogP contribution in [0.5, 0.6) is 5.75 Å². The molecule has 1 aromatic rings. The van der Waals surface area contributed by atoms with E-state index in [1.165, 1.54) is 12.1 Å². The summed E-state index contributed by atoms with van der Waals surface area (Å²) in [6.07, 6.45) is 0. The van der Waals surface area contributed by atoms with Crippen LogP contribution in [-0.2, 0) is 6.54 Å². The quantitative estimate of drug-likeness (QED) is 0.599. The molecule has 14 heavy (non-hydrogen) atoms. The summed E-state index contributed by atoms with van der Waals surface area (Å²) in [6.45, 7) is 0.343. The van der Waals surface area contributed by atoms with E-state index < -0.39 is 5.97 Å². The molecule has 5 heteroatoms. The lowest BCUT2D eigenvalue weighted by atomic mass is 10.1. The van der Waals surface area contributed by atoms with Gasteiger partial charge >= 0.3 is 5.97 Å². The summed E-state index contributed by atoms with van der Waals surface area (Å²) in [5.41, 5.74) is 0.836. The van der Waals surface area contributed by atoms with Crippen molar-refractivity contribution in [2.24, 2.45) is 0 Å². The molecule has 2 N–H and O–H groups in total. The molecule has 0 saturated carbocycles. The van der Waals surface area contributed by atoms with Gasteiger partial charge in [-0.25, -0.2) is 4.79 Å². The standard InChI is InChI=1S/C9H9NO4/c11-9(12)6-1-2-8-7(3-6)4-10(13)5-14-8/h1-3,10H,4-5H2,(H,11,12). The highest BCUT2D eigenvalue weighted by atomic mass is 16.6. The van der Waals surface area contributed by atoms with E-state index in [9.17, 15) is 10.0 Å². The zero-order valence-electron chi connectivity index (χ0n) is 7.32. The summed E-state index contributed by atoms with van der Waals surface area (Å²) in [6, 6.07) is 4.54. The van der Waals surface area contributed by atoms with Crippen molar-refractivity contribution in [3.8, 4) is 5.75 Å². The number of nitrogens with one attached hydrogen (secondary N) is 1. The molecule has 1 aromatic carbocycles. The molecule has 1 atom stereocenters. The smallest absolute Gasteiger partial charge is 0.335 e. The molecule has 0 aliphatic carbocycles. The zero-order chi connectivity index (χ0) is 10.1. The number of carbonyl (C=O) groups is 1. The Balaban J connectivity index is 2.37. The molecular formula is C9H9NO4. The van der Waals surface area contributed by atoms with Crippen LogP contribution in [0.1, 0.15) is 15.9 Å². The molecule has 0 saturated heterocycles. The summed E-state index contributed by atoms with van der Waals surface area (Å²) in [4.78, 5) is 10.6. The fourth-order valence-electron chi connectivity index (χ4n) is 1.41. The molecule has 1 aliphatic rings. The van der Waals surface area contributed by atoms with Gasteiger partial charge in [0.25, 0.3) is 0 Å². The van der Waals surface area contributed by atoms with E-state index in [1.54, 1.807) is 6.07 Å². The average Bonchev–Trinajstić information content (AvgIpc) is 2.16. The molecule has 1 heterocycles. The Morgan fingerprint density at radius 2 is 2.36 bits per heavy atom. The van der Waals surface area contributed by atoms with Crippen LogP contribution in [0.4, 0.5) is 0 Å². The maximum Gasteiger partial charge on any atom is 0.335 e. The van der Waals surface area contributed by atoms with Gasteiger partial charge in [0.15, 0.2) is 0 Å². The maximum absolute atomic E-state index is 11.0. The Morgan fingerprint density at radius 3 is 3.07 bits per heavy atom. The third-order valence-corrected chi connectivity index (χ3v) is 2.08. The van der Waals surface area contributed by atoms with Gasteiger partial charge in [-0.3, -0.25) is 0 Å². The van der Waals surface area contributed by atoms with Crippen LogP contribution in [0.3, 0.4) is 0 Å². The van der Waals surface area contributed by atoms with Crippen LogP contribution >= 0.6 is 0 Å². The molecule has 2 rings (SSSR count). The van der Waals surface area contributed by atoms with Crippen LogP contribution in [0.15, 0.2) is 18.2 Å². The number of carboxylic acid groups (broad SMARTS) is 1. The van der Waals surface area contributed by atoms with Gasteiger partial charge in [0.2, 0.25) is 6.73 Å². The van der Waals surface area contributed by atoms with E-state index in [0.29, 0.717) is 11.3 Å². The SMILES string of the molecule is O=C(O)c1ccc2c(c1)C[NH+]([O-])CO2. The number of fused-ring (bicyclic) bond motifs is 1. The van der Waals surface area contributed by atoms with Crippen LogP contribution in [-0.4, -0.2) is 17.8 Å². The van der Waals surface area contributed by atoms with Gasteiger partial charge in [0.05, 0.1) is 5.56 Å². The number of hydrogen-bond donors (Lipinski definition) is 2. The average molecular weight is 195 g/mol. The second-order valence-corrected chi connectivity index (χ2v) is 3.13. The molecule has 0 aromatic heterocycles. The number of carboxylic acids is 1. The fourth-order valence-corrected chi connectivity index (χ4v) is 1.41. The first-order valence-electron chi connectivity index (χ1n) is 4.17. The third-order valence-electron chi connectivity index (χ3n) is 2.08. The highest BCUT2D eigenvalue weighted by Crippen LogP contribution is 2.20. The van der Waals surface area contributed by atoms with Crippen molar-refractivity contribution in [3.63, 3.8) is 0 Å². The molecule has 0 bridgehead atoms. The summed E-state index contributed by atoms with van der Waals surface area (Å²) in [5.74, 6) is -0.388. The van der Waals surface area contributed by atoms with Gasteiger partial charge in [-0.15, -0.1) is 0 Å². The number of ether oxygens (including phenoxy) is 1. The predicted octanol–water partition coefficient (Wildman–Crippen LogP) is -0.383. The molecular weight excluding hydrogens is 186 g/mol. The molecule has 0 radical (unpaired) electrons. The van der Waals surface area contributed by atoms with E-state index >= 15 is 0 Å². The van der Waals surface area contributed by atoms with E-state index in [-0.39, 0.29) is 23.9 Å². The minimum Gasteiger partial charge on any atom is -0.632 e. The van der Waals surface area contributed by atoms with Gasteiger partial charge in [0.1, 0.15) is 12.3 Å². The Bertz CT molecular complexity index is 377. The summed E-state index contributed by atoms with van der Waals surface area (Å²) in [7, 11) is 0. The lowest BCUT2D eigenvalue weighted by molar-refractivity contribution is -0.883. The fraction of sp³-hybridized carbons (Fsp3) is 0.222. The van der Waals surface area contributed by atoms with Gasteiger partial charge in [-0.1, -0.05) is 0 Å². The van der Waals surface area contributed by atoms with Crippen LogP contribution in [0.2, 0.25) is 0 Å². The topological polar surface area (TPSA) is 74.0 Å². The summed E-state index contributed by atoms with van der Waals surface area (Å²) >= 11 is 0. The monoisotopic (exact) mass is 195 g/mol. The second-order valence-electron chi connectivity index (χ2n) is 3.13. The lowest BCUT2D eigenvalue weighted by Crippen LogP contribution is -3.07. The van der Waals surface area contributed by atoms with Crippen molar-refractivity contribution in [2.75, 3.05) is 6.73 Å². The first-order valence-corrected chi connectivity index (χ1v) is 4.17. The van der Waals surface area contributed by atoms with Gasteiger partial charge in [-0.2, -0.15) is 0 Å². The highest BCUT2D eigenvalue weighted by Gasteiger charge is 2.16. The number of aromatic carboxylic acids is 1. The first-order chi connectivity index (χ1) is 6.66. The Labute approximate surface area is 80.1 Å². The Hall–Kier alpha value is -1.59. The third kappa shape index (κ3) is 1.55. The molecule has 0 amide bonds.